The number of hydrogen-bond donors (Lipinski definition) is 1. The molecular formula is C11H11N3O2S2. The van der Waals surface area contributed by atoms with E-state index in [-0.39, 0.29) is 6.61 Å². The maximum Gasteiger partial charge on any atom is 0.262 e. The molecule has 0 saturated heterocycles. The molecule has 0 radical (unpaired) electrons. The number of hydrogen-bond acceptors (Lipinski definition) is 6. The second-order valence-electron chi connectivity index (χ2n) is 3.80. The number of aromatic nitrogens is 3. The van der Waals surface area contributed by atoms with Crippen LogP contribution in [0, 0.1) is 13.8 Å². The highest BCUT2D eigenvalue weighted by Crippen LogP contribution is 2.32. The van der Waals surface area contributed by atoms with E-state index < -0.39 is 0 Å². The molecule has 0 atom stereocenters. The summed E-state index contributed by atoms with van der Waals surface area (Å²) in [7, 11) is 0. The zero-order valence-electron chi connectivity index (χ0n) is 9.88. The van der Waals surface area contributed by atoms with Gasteiger partial charge in [-0.15, -0.1) is 11.3 Å². The van der Waals surface area contributed by atoms with E-state index in [0.717, 1.165) is 27.1 Å². The molecule has 0 unspecified atom stereocenters. The molecule has 94 valence electrons. The lowest BCUT2D eigenvalue weighted by molar-refractivity contribution is 0.272. The Morgan fingerprint density at radius 3 is 2.94 bits per heavy atom. The molecule has 18 heavy (non-hydrogen) atoms. The first-order valence-corrected chi connectivity index (χ1v) is 7.06. The lowest BCUT2D eigenvalue weighted by Crippen LogP contribution is -1.90. The predicted octanol–water partition coefficient (Wildman–Crippen LogP) is 2.64. The van der Waals surface area contributed by atoms with Gasteiger partial charge in [-0.3, -0.25) is 4.40 Å². The van der Waals surface area contributed by atoms with Crippen molar-refractivity contribution in [2.75, 3.05) is 0 Å². The Labute approximate surface area is 111 Å². The SMILES string of the molecule is Cc1nc(Sc2nc3sccn3c2CO)oc1C. The van der Waals surface area contributed by atoms with Gasteiger partial charge in [0.25, 0.3) is 5.22 Å². The highest BCUT2D eigenvalue weighted by molar-refractivity contribution is 7.99. The van der Waals surface area contributed by atoms with Crippen molar-refractivity contribution in [3.8, 4) is 0 Å². The van der Waals surface area contributed by atoms with Gasteiger partial charge < -0.3 is 9.52 Å². The summed E-state index contributed by atoms with van der Waals surface area (Å²) in [6.07, 6.45) is 1.90. The van der Waals surface area contributed by atoms with Crippen LogP contribution in [0.15, 0.2) is 26.2 Å². The van der Waals surface area contributed by atoms with E-state index in [2.05, 4.69) is 9.97 Å². The van der Waals surface area contributed by atoms with Gasteiger partial charge in [0, 0.05) is 11.6 Å². The van der Waals surface area contributed by atoms with Gasteiger partial charge >= 0.3 is 0 Å². The fraction of sp³-hybridized carbons (Fsp3) is 0.273. The Kier molecular flexibility index (Phi) is 2.89. The van der Waals surface area contributed by atoms with Gasteiger partial charge in [0.15, 0.2) is 4.96 Å². The summed E-state index contributed by atoms with van der Waals surface area (Å²) in [5.41, 5.74) is 1.65. The van der Waals surface area contributed by atoms with Crippen LogP contribution in [0.4, 0.5) is 0 Å². The van der Waals surface area contributed by atoms with Gasteiger partial charge in [0.05, 0.1) is 18.0 Å². The molecule has 3 heterocycles. The van der Waals surface area contributed by atoms with Crippen LogP contribution in [0.5, 0.6) is 0 Å². The molecule has 0 spiro atoms. The zero-order valence-corrected chi connectivity index (χ0v) is 11.5. The van der Waals surface area contributed by atoms with E-state index in [4.69, 9.17) is 4.42 Å². The zero-order chi connectivity index (χ0) is 12.7. The normalized spacial score (nSPS) is 11.5. The minimum Gasteiger partial charge on any atom is -0.436 e. The number of thiazole rings is 1. The molecule has 1 N–H and O–H groups in total. The molecule has 5 nitrogen and oxygen atoms in total. The quantitative estimate of drug-likeness (QED) is 0.799. The first-order chi connectivity index (χ1) is 8.69. The van der Waals surface area contributed by atoms with Crippen molar-refractivity contribution in [1.29, 1.82) is 0 Å². The van der Waals surface area contributed by atoms with Crippen molar-refractivity contribution in [1.82, 2.24) is 14.4 Å². The Bertz CT molecular complexity index is 679. The van der Waals surface area contributed by atoms with Crippen molar-refractivity contribution in [2.24, 2.45) is 0 Å². The Morgan fingerprint density at radius 2 is 2.28 bits per heavy atom. The average Bonchev–Trinajstić information content (AvgIpc) is 2.95. The number of rotatable bonds is 3. The first kappa shape index (κ1) is 11.8. The van der Waals surface area contributed by atoms with Crippen molar-refractivity contribution in [3.05, 3.63) is 28.7 Å². The van der Waals surface area contributed by atoms with Gasteiger partial charge in [-0.1, -0.05) is 0 Å². The molecule has 0 fully saturated rings. The molecule has 3 aromatic rings. The van der Waals surface area contributed by atoms with Crippen LogP contribution in [0.1, 0.15) is 17.1 Å². The summed E-state index contributed by atoms with van der Waals surface area (Å²) in [6, 6.07) is 0. The number of oxazole rings is 1. The Morgan fingerprint density at radius 1 is 1.44 bits per heavy atom. The number of nitrogens with zero attached hydrogens (tertiary/aromatic N) is 3. The summed E-state index contributed by atoms with van der Waals surface area (Å²) in [5.74, 6) is 0.809. The third-order valence-corrected chi connectivity index (χ3v) is 4.29. The Balaban J connectivity index is 2.01. The highest BCUT2D eigenvalue weighted by atomic mass is 32.2. The molecule has 0 saturated carbocycles. The van der Waals surface area contributed by atoms with Gasteiger partial charge in [0.2, 0.25) is 0 Å². The minimum atomic E-state index is -0.0566. The lowest BCUT2D eigenvalue weighted by atomic mass is 10.4. The standard InChI is InChI=1S/C11H11N3O2S2/c1-6-7(2)16-11(12-6)18-9-8(5-15)14-3-4-17-10(14)13-9/h3-4,15H,5H2,1-2H3. The highest BCUT2D eigenvalue weighted by Gasteiger charge is 2.16. The number of imidazole rings is 1. The van der Waals surface area contributed by atoms with E-state index in [9.17, 15) is 5.11 Å². The first-order valence-electron chi connectivity index (χ1n) is 5.36. The second kappa shape index (κ2) is 4.42. The predicted molar refractivity (Wildman–Crippen MR) is 69.1 cm³/mol. The molecule has 3 rings (SSSR count). The van der Waals surface area contributed by atoms with Gasteiger partial charge in [-0.05, 0) is 25.6 Å². The molecule has 0 aliphatic rings. The van der Waals surface area contributed by atoms with E-state index in [1.807, 2.05) is 29.8 Å². The largest absolute Gasteiger partial charge is 0.436 e. The lowest BCUT2D eigenvalue weighted by Gasteiger charge is -1.96. The minimum absolute atomic E-state index is 0.0566. The smallest absolute Gasteiger partial charge is 0.262 e. The van der Waals surface area contributed by atoms with Crippen molar-refractivity contribution in [3.63, 3.8) is 0 Å². The summed E-state index contributed by atoms with van der Waals surface area (Å²) in [4.78, 5) is 9.63. The van der Waals surface area contributed by atoms with Crippen LogP contribution in [0.25, 0.3) is 4.96 Å². The van der Waals surface area contributed by atoms with Gasteiger partial charge in [-0.25, -0.2) is 9.97 Å². The number of aryl methyl sites for hydroxylation is 2. The van der Waals surface area contributed by atoms with Gasteiger partial charge in [0.1, 0.15) is 10.8 Å². The fourth-order valence-corrected chi connectivity index (χ4v) is 3.33. The Hall–Kier alpha value is -1.31. The van der Waals surface area contributed by atoms with E-state index in [0.29, 0.717) is 5.22 Å². The topological polar surface area (TPSA) is 63.6 Å². The number of fused-ring (bicyclic) bond motifs is 1. The maximum atomic E-state index is 9.44. The van der Waals surface area contributed by atoms with Crippen molar-refractivity contribution < 1.29 is 9.52 Å². The van der Waals surface area contributed by atoms with Crippen LogP contribution in [0.2, 0.25) is 0 Å². The molecule has 0 amide bonds. The molecule has 0 aliphatic carbocycles. The molecular weight excluding hydrogens is 270 g/mol. The summed E-state index contributed by atoms with van der Waals surface area (Å²) in [6.45, 7) is 3.73. The number of aliphatic hydroxyl groups excluding tert-OH is 1. The molecule has 3 aromatic heterocycles. The van der Waals surface area contributed by atoms with E-state index in [1.54, 1.807) is 0 Å². The van der Waals surface area contributed by atoms with E-state index in [1.165, 1.54) is 23.1 Å². The fourth-order valence-electron chi connectivity index (χ4n) is 1.61. The van der Waals surface area contributed by atoms with Crippen LogP contribution < -0.4 is 0 Å². The average molecular weight is 281 g/mol. The summed E-state index contributed by atoms with van der Waals surface area (Å²) >= 11 is 2.87. The molecule has 7 heteroatoms. The second-order valence-corrected chi connectivity index (χ2v) is 5.61. The third-order valence-electron chi connectivity index (χ3n) is 2.67. The molecule has 0 aliphatic heterocycles. The maximum absolute atomic E-state index is 9.44. The van der Waals surface area contributed by atoms with Crippen LogP contribution in [-0.4, -0.2) is 19.5 Å². The third kappa shape index (κ3) is 1.84. The van der Waals surface area contributed by atoms with Crippen molar-refractivity contribution in [2.45, 2.75) is 30.7 Å². The van der Waals surface area contributed by atoms with Gasteiger partial charge in [-0.2, -0.15) is 0 Å². The van der Waals surface area contributed by atoms with Crippen LogP contribution in [0.3, 0.4) is 0 Å². The summed E-state index contributed by atoms with van der Waals surface area (Å²) < 4.78 is 7.40. The van der Waals surface area contributed by atoms with Crippen LogP contribution in [-0.2, 0) is 6.61 Å². The number of aliphatic hydroxyl groups is 1. The molecule has 0 bridgehead atoms. The van der Waals surface area contributed by atoms with E-state index >= 15 is 0 Å². The molecule has 0 aromatic carbocycles. The summed E-state index contributed by atoms with van der Waals surface area (Å²) in [5, 5.41) is 12.7. The van der Waals surface area contributed by atoms with Crippen molar-refractivity contribution >= 4 is 28.1 Å². The monoisotopic (exact) mass is 281 g/mol. The van der Waals surface area contributed by atoms with Crippen LogP contribution >= 0.6 is 23.1 Å².